The Balaban J connectivity index is 2.77. The third-order valence-electron chi connectivity index (χ3n) is 2.67. The van der Waals surface area contributed by atoms with E-state index in [0.717, 1.165) is 0 Å². The molecule has 0 aromatic heterocycles. The molecule has 0 fully saturated rings. The number of benzene rings is 1. The molecule has 100 valence electrons. The van der Waals surface area contributed by atoms with E-state index in [1.165, 1.54) is 31.4 Å². The van der Waals surface area contributed by atoms with Crippen LogP contribution >= 0.6 is 0 Å². The molecule has 1 aromatic carbocycles. The summed E-state index contributed by atoms with van der Waals surface area (Å²) in [6.45, 7) is 2.49. The number of rotatable bonds is 6. The fourth-order valence-electron chi connectivity index (χ4n) is 1.71. The molecule has 0 saturated carbocycles. The summed E-state index contributed by atoms with van der Waals surface area (Å²) >= 11 is 0. The Kier molecular flexibility index (Phi) is 5.74. The lowest BCUT2D eigenvalue weighted by molar-refractivity contribution is -0.142. The first-order chi connectivity index (χ1) is 8.58. The predicted molar refractivity (Wildman–Crippen MR) is 65.5 cm³/mol. The van der Waals surface area contributed by atoms with Crippen LogP contribution in [0.2, 0.25) is 0 Å². The van der Waals surface area contributed by atoms with E-state index in [4.69, 9.17) is 0 Å². The van der Waals surface area contributed by atoms with Crippen molar-refractivity contribution in [2.45, 2.75) is 25.5 Å². The van der Waals surface area contributed by atoms with E-state index < -0.39 is 18.1 Å². The summed E-state index contributed by atoms with van der Waals surface area (Å²) in [5.74, 6) is -0.763. The SMILES string of the molecule is CCNC(CC(=O)OC)C(O)c1ccc(F)cc1. The first kappa shape index (κ1) is 14.6. The summed E-state index contributed by atoms with van der Waals surface area (Å²) in [4.78, 5) is 11.3. The molecule has 2 unspecified atom stereocenters. The van der Waals surface area contributed by atoms with E-state index in [1.54, 1.807) is 0 Å². The van der Waals surface area contributed by atoms with Gasteiger partial charge in [0.05, 0.1) is 19.6 Å². The lowest BCUT2D eigenvalue weighted by atomic mass is 9.99. The first-order valence-corrected chi connectivity index (χ1v) is 5.82. The van der Waals surface area contributed by atoms with Gasteiger partial charge in [-0.2, -0.15) is 0 Å². The van der Waals surface area contributed by atoms with Crippen molar-refractivity contribution < 1.29 is 19.0 Å². The number of carbonyl (C=O) groups excluding carboxylic acids is 1. The molecule has 2 N–H and O–H groups in total. The van der Waals surface area contributed by atoms with Crippen LogP contribution < -0.4 is 5.32 Å². The van der Waals surface area contributed by atoms with Crippen molar-refractivity contribution in [3.63, 3.8) is 0 Å². The second-order valence-electron chi connectivity index (χ2n) is 3.94. The highest BCUT2D eigenvalue weighted by molar-refractivity contribution is 5.70. The zero-order valence-electron chi connectivity index (χ0n) is 10.5. The van der Waals surface area contributed by atoms with Gasteiger partial charge in [-0.3, -0.25) is 4.79 Å². The van der Waals surface area contributed by atoms with E-state index in [-0.39, 0.29) is 12.2 Å². The molecule has 0 bridgehead atoms. The lowest BCUT2D eigenvalue weighted by Crippen LogP contribution is -2.37. The Morgan fingerprint density at radius 3 is 2.56 bits per heavy atom. The van der Waals surface area contributed by atoms with Crippen molar-refractivity contribution in [1.29, 1.82) is 0 Å². The molecule has 0 aliphatic heterocycles. The number of esters is 1. The molecule has 4 nitrogen and oxygen atoms in total. The third-order valence-corrected chi connectivity index (χ3v) is 2.67. The number of hydrogen-bond acceptors (Lipinski definition) is 4. The van der Waals surface area contributed by atoms with Gasteiger partial charge in [-0.1, -0.05) is 19.1 Å². The molecular weight excluding hydrogens is 237 g/mol. The van der Waals surface area contributed by atoms with Gasteiger partial charge in [0.15, 0.2) is 0 Å². The number of ether oxygens (including phenoxy) is 1. The molecule has 0 aliphatic carbocycles. The van der Waals surface area contributed by atoms with Gasteiger partial charge in [-0.15, -0.1) is 0 Å². The van der Waals surface area contributed by atoms with E-state index >= 15 is 0 Å². The highest BCUT2D eigenvalue weighted by atomic mass is 19.1. The summed E-state index contributed by atoms with van der Waals surface area (Å²) in [5, 5.41) is 13.2. The number of likely N-dealkylation sites (N-methyl/N-ethyl adjacent to an activating group) is 1. The van der Waals surface area contributed by atoms with Crippen LogP contribution in [0.5, 0.6) is 0 Å². The second-order valence-corrected chi connectivity index (χ2v) is 3.94. The van der Waals surface area contributed by atoms with Crippen LogP contribution in [-0.2, 0) is 9.53 Å². The highest BCUT2D eigenvalue weighted by Gasteiger charge is 2.23. The van der Waals surface area contributed by atoms with Gasteiger partial charge in [-0.25, -0.2) is 4.39 Å². The van der Waals surface area contributed by atoms with Crippen molar-refractivity contribution in [1.82, 2.24) is 5.32 Å². The van der Waals surface area contributed by atoms with Crippen molar-refractivity contribution in [3.8, 4) is 0 Å². The zero-order chi connectivity index (χ0) is 13.5. The van der Waals surface area contributed by atoms with Crippen molar-refractivity contribution >= 4 is 5.97 Å². The van der Waals surface area contributed by atoms with Crippen LogP contribution in [0.15, 0.2) is 24.3 Å². The van der Waals surface area contributed by atoms with Gasteiger partial charge in [0.1, 0.15) is 5.82 Å². The van der Waals surface area contributed by atoms with Crippen LogP contribution in [0.3, 0.4) is 0 Å². The van der Waals surface area contributed by atoms with E-state index in [0.29, 0.717) is 12.1 Å². The maximum absolute atomic E-state index is 12.8. The van der Waals surface area contributed by atoms with Crippen molar-refractivity contribution in [2.24, 2.45) is 0 Å². The summed E-state index contributed by atoms with van der Waals surface area (Å²) in [6, 6.07) is 5.11. The van der Waals surface area contributed by atoms with Gasteiger partial charge in [-0.05, 0) is 24.2 Å². The number of carbonyl (C=O) groups is 1. The smallest absolute Gasteiger partial charge is 0.307 e. The van der Waals surface area contributed by atoms with Gasteiger partial charge in [0.25, 0.3) is 0 Å². The van der Waals surface area contributed by atoms with E-state index in [2.05, 4.69) is 10.1 Å². The van der Waals surface area contributed by atoms with Crippen LogP contribution in [-0.4, -0.2) is 30.8 Å². The molecule has 1 rings (SSSR count). The fourth-order valence-corrected chi connectivity index (χ4v) is 1.71. The molecule has 0 radical (unpaired) electrons. The Hall–Kier alpha value is -1.46. The topological polar surface area (TPSA) is 58.6 Å². The largest absolute Gasteiger partial charge is 0.469 e. The minimum absolute atomic E-state index is 0.0584. The molecule has 2 atom stereocenters. The molecule has 1 aromatic rings. The Morgan fingerprint density at radius 2 is 2.06 bits per heavy atom. The number of aliphatic hydroxyl groups is 1. The lowest BCUT2D eigenvalue weighted by Gasteiger charge is -2.23. The van der Waals surface area contributed by atoms with Crippen molar-refractivity contribution in [3.05, 3.63) is 35.6 Å². The summed E-state index contributed by atoms with van der Waals surface area (Å²) < 4.78 is 17.4. The third kappa shape index (κ3) is 4.09. The standard InChI is InChI=1S/C13H18FNO3/c1-3-15-11(8-12(16)18-2)13(17)9-4-6-10(14)7-5-9/h4-7,11,13,15,17H,3,8H2,1-2H3. The number of nitrogens with one attached hydrogen (secondary N) is 1. The minimum Gasteiger partial charge on any atom is -0.469 e. The molecule has 5 heteroatoms. The number of halogens is 1. The van der Waals surface area contributed by atoms with Crippen LogP contribution in [0, 0.1) is 5.82 Å². The van der Waals surface area contributed by atoms with Gasteiger partial charge < -0.3 is 15.2 Å². The predicted octanol–water partition coefficient (Wildman–Crippen LogP) is 1.40. The minimum atomic E-state index is -0.885. The van der Waals surface area contributed by atoms with Crippen molar-refractivity contribution in [2.75, 3.05) is 13.7 Å². The quantitative estimate of drug-likeness (QED) is 0.754. The summed E-state index contributed by atoms with van der Waals surface area (Å²) in [6.07, 6.45) is -0.826. The normalized spacial score (nSPS) is 14.0. The van der Waals surface area contributed by atoms with Crippen LogP contribution in [0.4, 0.5) is 4.39 Å². The highest BCUT2D eigenvalue weighted by Crippen LogP contribution is 2.19. The summed E-state index contributed by atoms with van der Waals surface area (Å²) in [7, 11) is 1.30. The molecule has 0 amide bonds. The van der Waals surface area contributed by atoms with E-state index in [1.807, 2.05) is 6.92 Å². The maximum atomic E-state index is 12.8. The average molecular weight is 255 g/mol. The van der Waals surface area contributed by atoms with Crippen LogP contribution in [0.1, 0.15) is 25.0 Å². The molecule has 0 aliphatic rings. The van der Waals surface area contributed by atoms with E-state index in [9.17, 15) is 14.3 Å². The second kappa shape index (κ2) is 7.08. The fraction of sp³-hybridized carbons (Fsp3) is 0.462. The molecule has 0 saturated heterocycles. The molecular formula is C13H18FNO3. The monoisotopic (exact) mass is 255 g/mol. The average Bonchev–Trinajstić information content (AvgIpc) is 2.38. The van der Waals surface area contributed by atoms with Gasteiger partial charge in [0.2, 0.25) is 0 Å². The Morgan fingerprint density at radius 1 is 1.44 bits per heavy atom. The van der Waals surface area contributed by atoms with Gasteiger partial charge >= 0.3 is 5.97 Å². The first-order valence-electron chi connectivity index (χ1n) is 5.82. The van der Waals surface area contributed by atoms with Gasteiger partial charge in [0, 0.05) is 6.04 Å². The number of aliphatic hydroxyl groups excluding tert-OH is 1. The Labute approximate surface area is 106 Å². The number of methoxy groups -OCH3 is 1. The Bertz CT molecular complexity index is 380. The maximum Gasteiger partial charge on any atom is 0.307 e. The van der Waals surface area contributed by atoms with Crippen LogP contribution in [0.25, 0.3) is 0 Å². The zero-order valence-corrected chi connectivity index (χ0v) is 10.5. The molecule has 0 heterocycles. The molecule has 0 spiro atoms. The summed E-state index contributed by atoms with van der Waals surface area (Å²) in [5.41, 5.74) is 0.561. The number of hydrogen-bond donors (Lipinski definition) is 2. The molecule has 18 heavy (non-hydrogen) atoms.